The van der Waals surface area contributed by atoms with Gasteiger partial charge in [-0.1, -0.05) is 0 Å². The van der Waals surface area contributed by atoms with E-state index in [0.717, 1.165) is 5.01 Å². The van der Waals surface area contributed by atoms with Gasteiger partial charge < -0.3 is 0 Å². The second kappa shape index (κ2) is 2.37. The highest BCUT2D eigenvalue weighted by atomic mass is 19.4. The molecule has 0 aromatic carbocycles. The summed E-state index contributed by atoms with van der Waals surface area (Å²) in [6, 6.07) is -1.71. The van der Waals surface area contributed by atoms with Crippen LogP contribution in [0, 0.1) is 0 Å². The van der Waals surface area contributed by atoms with Gasteiger partial charge in [-0.15, -0.1) is 0 Å². The van der Waals surface area contributed by atoms with E-state index in [2.05, 4.69) is 0 Å². The number of nitrogens with zero attached hydrogens (tertiary/aromatic N) is 1. The van der Waals surface area contributed by atoms with Crippen LogP contribution >= 0.6 is 0 Å². The summed E-state index contributed by atoms with van der Waals surface area (Å²) in [5.74, 6) is -0.535. The Morgan fingerprint density at radius 1 is 1.64 bits per heavy atom. The van der Waals surface area contributed by atoms with Gasteiger partial charge in [0.25, 0.3) is 0 Å². The van der Waals surface area contributed by atoms with Crippen LogP contribution in [0.15, 0.2) is 0 Å². The summed E-state index contributed by atoms with van der Waals surface area (Å²) in [7, 11) is 1.27. The fourth-order valence-electron chi connectivity index (χ4n) is 0.852. The van der Waals surface area contributed by atoms with Crippen molar-refractivity contribution in [1.29, 1.82) is 0 Å². The Labute approximate surface area is 61.1 Å². The second-order valence-electron chi connectivity index (χ2n) is 2.38. The predicted octanol–water partition coefficient (Wildman–Crippen LogP) is 0.284. The van der Waals surface area contributed by atoms with Crippen LogP contribution in [0.4, 0.5) is 13.2 Å². The standard InChI is InChI=1S/C5H7F3N2O/c1-10-4(11)2-3(9-10)5(6,7)8/h3,9H,2H2,1H3. The average Bonchev–Trinajstić information content (AvgIpc) is 2.11. The molecule has 1 saturated heterocycles. The third kappa shape index (κ3) is 1.62. The minimum absolute atomic E-state index is 0.500. The highest BCUT2D eigenvalue weighted by Crippen LogP contribution is 2.25. The minimum Gasteiger partial charge on any atom is -0.281 e. The Bertz CT molecular complexity index is 179. The average molecular weight is 168 g/mol. The van der Waals surface area contributed by atoms with Crippen molar-refractivity contribution in [2.24, 2.45) is 0 Å². The van der Waals surface area contributed by atoms with Crippen LogP contribution in [-0.4, -0.2) is 30.2 Å². The number of hydrogen-bond acceptors (Lipinski definition) is 2. The zero-order valence-corrected chi connectivity index (χ0v) is 5.77. The zero-order chi connectivity index (χ0) is 8.65. The van der Waals surface area contributed by atoms with Crippen LogP contribution in [0.1, 0.15) is 6.42 Å². The van der Waals surface area contributed by atoms with Crippen molar-refractivity contribution in [2.75, 3.05) is 7.05 Å². The SMILES string of the molecule is CN1NC(C(F)(F)F)CC1=O. The molecule has 0 aliphatic carbocycles. The highest BCUT2D eigenvalue weighted by Gasteiger charge is 2.45. The number of halogens is 3. The van der Waals surface area contributed by atoms with E-state index in [1.54, 1.807) is 0 Å². The summed E-state index contributed by atoms with van der Waals surface area (Å²) in [6.45, 7) is 0. The lowest BCUT2D eigenvalue weighted by atomic mass is 10.2. The molecule has 0 spiro atoms. The summed E-state index contributed by atoms with van der Waals surface area (Å²) in [5.41, 5.74) is 2.00. The predicted molar refractivity (Wildman–Crippen MR) is 30.4 cm³/mol. The van der Waals surface area contributed by atoms with Gasteiger partial charge in [0.05, 0.1) is 6.42 Å². The number of rotatable bonds is 0. The van der Waals surface area contributed by atoms with Gasteiger partial charge in [-0.3, -0.25) is 9.80 Å². The number of hydrogen-bond donors (Lipinski definition) is 1. The highest BCUT2D eigenvalue weighted by molar-refractivity contribution is 5.78. The monoisotopic (exact) mass is 168 g/mol. The van der Waals surface area contributed by atoms with Crippen molar-refractivity contribution in [3.05, 3.63) is 0 Å². The number of hydrazine groups is 1. The van der Waals surface area contributed by atoms with Crippen molar-refractivity contribution in [2.45, 2.75) is 18.6 Å². The maximum absolute atomic E-state index is 11.9. The van der Waals surface area contributed by atoms with Crippen LogP contribution in [0.3, 0.4) is 0 Å². The van der Waals surface area contributed by atoms with Crippen LogP contribution in [0.5, 0.6) is 0 Å². The van der Waals surface area contributed by atoms with Crippen LogP contribution in [0.2, 0.25) is 0 Å². The molecule has 1 aliphatic heterocycles. The first-order valence-electron chi connectivity index (χ1n) is 3.00. The van der Waals surface area contributed by atoms with Crippen LogP contribution in [0.25, 0.3) is 0 Å². The summed E-state index contributed by atoms with van der Waals surface area (Å²) >= 11 is 0. The molecule has 1 N–H and O–H groups in total. The summed E-state index contributed by atoms with van der Waals surface area (Å²) in [6.07, 6.45) is -4.83. The topological polar surface area (TPSA) is 32.3 Å². The first-order chi connectivity index (χ1) is 4.91. The minimum atomic E-state index is -4.33. The molecule has 0 aromatic rings. The number of alkyl halides is 3. The van der Waals surface area contributed by atoms with Gasteiger partial charge in [-0.05, 0) is 0 Å². The number of carbonyl (C=O) groups excluding carboxylic acids is 1. The molecule has 1 rings (SSSR count). The van der Waals surface area contributed by atoms with Crippen LogP contribution < -0.4 is 5.43 Å². The van der Waals surface area contributed by atoms with E-state index in [4.69, 9.17) is 0 Å². The Morgan fingerprint density at radius 2 is 2.18 bits per heavy atom. The molecule has 3 nitrogen and oxygen atoms in total. The fourth-order valence-corrected chi connectivity index (χ4v) is 0.852. The summed E-state index contributed by atoms with van der Waals surface area (Å²) < 4.78 is 35.6. The maximum Gasteiger partial charge on any atom is 0.406 e. The van der Waals surface area contributed by atoms with E-state index in [9.17, 15) is 18.0 Å². The lowest BCUT2D eigenvalue weighted by molar-refractivity contribution is -0.156. The van der Waals surface area contributed by atoms with E-state index in [-0.39, 0.29) is 0 Å². The Balaban J connectivity index is 2.61. The van der Waals surface area contributed by atoms with Crippen molar-refractivity contribution in [3.8, 4) is 0 Å². The number of amides is 1. The molecule has 1 unspecified atom stereocenters. The molecule has 1 amide bonds. The van der Waals surface area contributed by atoms with Gasteiger partial charge in [0, 0.05) is 7.05 Å². The number of carbonyl (C=O) groups is 1. The zero-order valence-electron chi connectivity index (χ0n) is 5.77. The molecule has 1 fully saturated rings. The molecule has 6 heteroatoms. The Morgan fingerprint density at radius 3 is 2.36 bits per heavy atom. The van der Waals surface area contributed by atoms with Crippen molar-refractivity contribution >= 4 is 5.91 Å². The molecule has 0 saturated carbocycles. The van der Waals surface area contributed by atoms with Crippen molar-refractivity contribution in [3.63, 3.8) is 0 Å². The normalized spacial score (nSPS) is 26.4. The largest absolute Gasteiger partial charge is 0.406 e. The molecule has 0 aromatic heterocycles. The van der Waals surface area contributed by atoms with Gasteiger partial charge >= 0.3 is 6.18 Å². The summed E-state index contributed by atoms with van der Waals surface area (Å²) in [5, 5.41) is 0.859. The molecule has 0 bridgehead atoms. The van der Waals surface area contributed by atoms with Gasteiger partial charge in [0.15, 0.2) is 0 Å². The molecule has 11 heavy (non-hydrogen) atoms. The van der Waals surface area contributed by atoms with E-state index in [1.165, 1.54) is 7.05 Å². The van der Waals surface area contributed by atoms with Crippen molar-refractivity contribution < 1.29 is 18.0 Å². The van der Waals surface area contributed by atoms with Crippen molar-refractivity contribution in [1.82, 2.24) is 10.4 Å². The molecule has 1 heterocycles. The van der Waals surface area contributed by atoms with Crippen LogP contribution in [-0.2, 0) is 4.79 Å². The maximum atomic E-state index is 11.9. The molecule has 1 atom stereocenters. The van der Waals surface area contributed by atoms with E-state index >= 15 is 0 Å². The smallest absolute Gasteiger partial charge is 0.281 e. The van der Waals surface area contributed by atoms with Gasteiger partial charge in [-0.2, -0.15) is 13.2 Å². The molecule has 1 aliphatic rings. The van der Waals surface area contributed by atoms with Gasteiger partial charge in [0.2, 0.25) is 5.91 Å². The van der Waals surface area contributed by atoms with E-state index in [1.807, 2.05) is 5.43 Å². The number of nitrogens with one attached hydrogen (secondary N) is 1. The molecular formula is C5H7F3N2O. The second-order valence-corrected chi connectivity index (χ2v) is 2.38. The molecule has 0 radical (unpaired) electrons. The van der Waals surface area contributed by atoms with Gasteiger partial charge in [-0.25, -0.2) is 5.43 Å². The third-order valence-electron chi connectivity index (χ3n) is 1.50. The lowest BCUT2D eigenvalue weighted by Crippen LogP contribution is -2.42. The molecular weight excluding hydrogens is 161 g/mol. The third-order valence-corrected chi connectivity index (χ3v) is 1.50. The first kappa shape index (κ1) is 8.32. The fraction of sp³-hybridized carbons (Fsp3) is 0.800. The lowest BCUT2D eigenvalue weighted by Gasteiger charge is -2.14. The first-order valence-corrected chi connectivity index (χ1v) is 3.00. The van der Waals surface area contributed by atoms with Gasteiger partial charge in [0.1, 0.15) is 6.04 Å². The Hall–Kier alpha value is -0.780. The quantitative estimate of drug-likeness (QED) is 0.563. The van der Waals surface area contributed by atoms with E-state index < -0.39 is 24.5 Å². The van der Waals surface area contributed by atoms with E-state index in [0.29, 0.717) is 0 Å². The summed E-state index contributed by atoms with van der Waals surface area (Å²) in [4.78, 5) is 10.6. The Kier molecular flexibility index (Phi) is 1.79. The molecule has 64 valence electrons.